The molecule has 3 aromatic rings. The number of nitrogens with zero attached hydrogens (tertiary/aromatic N) is 3. The highest BCUT2D eigenvalue weighted by Crippen LogP contribution is 2.16. The molecule has 6 heteroatoms. The third-order valence-electron chi connectivity index (χ3n) is 3.13. The van der Waals surface area contributed by atoms with Crippen molar-refractivity contribution in [2.75, 3.05) is 0 Å². The third kappa shape index (κ3) is 3.38. The summed E-state index contributed by atoms with van der Waals surface area (Å²) < 4.78 is 28.0. The van der Waals surface area contributed by atoms with Crippen LogP contribution in [-0.4, -0.2) is 14.5 Å². The fraction of sp³-hybridized carbons (Fsp3) is 0.0588. The van der Waals surface area contributed by atoms with Crippen LogP contribution < -0.4 is 0 Å². The zero-order valence-corrected chi connectivity index (χ0v) is 12.8. The number of benzene rings is 1. The Hall–Kier alpha value is -2.71. The quantitative estimate of drug-likeness (QED) is 0.500. The summed E-state index contributed by atoms with van der Waals surface area (Å²) in [6.07, 6.45) is 3.23. The van der Waals surface area contributed by atoms with E-state index in [-0.39, 0.29) is 0 Å². The second-order valence-corrected chi connectivity index (χ2v) is 5.15. The van der Waals surface area contributed by atoms with E-state index in [9.17, 15) is 8.78 Å². The molecule has 0 amide bonds. The number of rotatable bonds is 1. The van der Waals surface area contributed by atoms with E-state index in [1.165, 1.54) is 6.07 Å². The standard InChI is InChI=1S/C17H10ClF2N3/c1-11-22-13(3-2-12-6-7-21-17(18)8-12)10-23(11)14-4-5-15(19)16(20)9-14/h4-10H,1H3. The lowest BCUT2D eigenvalue weighted by Crippen LogP contribution is -1.97. The summed E-state index contributed by atoms with van der Waals surface area (Å²) in [5.74, 6) is 4.66. The monoisotopic (exact) mass is 329 g/mol. The average Bonchev–Trinajstić information content (AvgIpc) is 2.89. The molecule has 0 saturated carbocycles. The third-order valence-corrected chi connectivity index (χ3v) is 3.33. The van der Waals surface area contributed by atoms with E-state index >= 15 is 0 Å². The number of hydrogen-bond donors (Lipinski definition) is 0. The normalized spacial score (nSPS) is 10.3. The first-order chi connectivity index (χ1) is 11.0. The van der Waals surface area contributed by atoms with Crippen LogP contribution >= 0.6 is 11.6 Å². The molecular formula is C17H10ClF2N3. The van der Waals surface area contributed by atoms with Gasteiger partial charge in [-0.1, -0.05) is 17.5 Å². The van der Waals surface area contributed by atoms with Crippen molar-refractivity contribution >= 4 is 11.6 Å². The van der Waals surface area contributed by atoms with Gasteiger partial charge in [-0.3, -0.25) is 0 Å². The first-order valence-corrected chi connectivity index (χ1v) is 7.06. The second kappa shape index (κ2) is 6.19. The minimum Gasteiger partial charge on any atom is -0.303 e. The van der Waals surface area contributed by atoms with E-state index in [1.807, 2.05) is 0 Å². The maximum atomic E-state index is 13.4. The lowest BCUT2D eigenvalue weighted by molar-refractivity contribution is 0.508. The first-order valence-electron chi connectivity index (χ1n) is 6.68. The summed E-state index contributed by atoms with van der Waals surface area (Å²) in [6, 6.07) is 7.05. The molecule has 0 atom stereocenters. The molecule has 2 aromatic heterocycles. The molecule has 0 fully saturated rings. The van der Waals surface area contributed by atoms with Gasteiger partial charge in [0.1, 0.15) is 16.7 Å². The molecule has 0 radical (unpaired) electrons. The minimum absolute atomic E-state index is 0.361. The molecule has 0 saturated heterocycles. The summed E-state index contributed by atoms with van der Waals surface area (Å²) in [5, 5.41) is 0.361. The van der Waals surface area contributed by atoms with Crippen LogP contribution in [0.4, 0.5) is 8.78 Å². The summed E-state index contributed by atoms with van der Waals surface area (Å²) >= 11 is 5.80. The lowest BCUT2D eigenvalue weighted by atomic mass is 10.2. The van der Waals surface area contributed by atoms with Crippen molar-refractivity contribution in [3.05, 3.63) is 76.6 Å². The first kappa shape index (κ1) is 15.2. The predicted octanol–water partition coefficient (Wildman–Crippen LogP) is 3.91. The topological polar surface area (TPSA) is 30.7 Å². The van der Waals surface area contributed by atoms with Gasteiger partial charge in [0.15, 0.2) is 11.6 Å². The SMILES string of the molecule is Cc1nc(C#Cc2ccnc(Cl)c2)cn1-c1ccc(F)c(F)c1. The number of pyridine rings is 1. The van der Waals surface area contributed by atoms with E-state index in [0.29, 0.717) is 27.9 Å². The van der Waals surface area contributed by atoms with Crippen LogP contribution in [-0.2, 0) is 0 Å². The van der Waals surface area contributed by atoms with Crippen LogP contribution in [0.2, 0.25) is 5.15 Å². The van der Waals surface area contributed by atoms with Crippen LogP contribution in [0, 0.1) is 30.4 Å². The van der Waals surface area contributed by atoms with Crippen molar-refractivity contribution in [2.24, 2.45) is 0 Å². The molecule has 0 unspecified atom stereocenters. The molecule has 1 aromatic carbocycles. The lowest BCUT2D eigenvalue weighted by Gasteiger charge is -2.04. The van der Waals surface area contributed by atoms with Gasteiger partial charge in [-0.05, 0) is 37.1 Å². The molecular weight excluding hydrogens is 320 g/mol. The van der Waals surface area contributed by atoms with Crippen LogP contribution in [0.1, 0.15) is 17.1 Å². The van der Waals surface area contributed by atoms with E-state index in [4.69, 9.17) is 11.6 Å². The Bertz CT molecular complexity index is 938. The number of halogens is 3. The van der Waals surface area contributed by atoms with E-state index in [1.54, 1.807) is 36.0 Å². The van der Waals surface area contributed by atoms with Gasteiger partial charge >= 0.3 is 0 Å². The molecule has 3 rings (SSSR count). The Kier molecular flexibility index (Phi) is 4.09. The van der Waals surface area contributed by atoms with Gasteiger partial charge in [0, 0.05) is 29.7 Å². The van der Waals surface area contributed by atoms with E-state index in [2.05, 4.69) is 21.8 Å². The summed E-state index contributed by atoms with van der Waals surface area (Å²) in [5.41, 5.74) is 1.71. The average molecular weight is 330 g/mol. The van der Waals surface area contributed by atoms with Gasteiger partial charge in [0.2, 0.25) is 0 Å². The molecule has 0 bridgehead atoms. The van der Waals surface area contributed by atoms with Crippen molar-refractivity contribution in [3.63, 3.8) is 0 Å². The summed E-state index contributed by atoms with van der Waals surface area (Å²) in [6.45, 7) is 1.76. The van der Waals surface area contributed by atoms with E-state index in [0.717, 1.165) is 12.1 Å². The molecule has 114 valence electrons. The van der Waals surface area contributed by atoms with Crippen LogP contribution in [0.25, 0.3) is 5.69 Å². The maximum Gasteiger partial charge on any atom is 0.160 e. The molecule has 3 nitrogen and oxygen atoms in total. The predicted molar refractivity (Wildman–Crippen MR) is 83.4 cm³/mol. The summed E-state index contributed by atoms with van der Waals surface area (Å²) in [4.78, 5) is 8.18. The highest BCUT2D eigenvalue weighted by atomic mass is 35.5. The van der Waals surface area contributed by atoms with Gasteiger partial charge in [0.25, 0.3) is 0 Å². The van der Waals surface area contributed by atoms with Gasteiger partial charge in [-0.25, -0.2) is 18.7 Å². The Morgan fingerprint density at radius 1 is 1.09 bits per heavy atom. The fourth-order valence-electron chi connectivity index (χ4n) is 2.05. The van der Waals surface area contributed by atoms with Gasteiger partial charge in [-0.15, -0.1) is 0 Å². The number of hydrogen-bond acceptors (Lipinski definition) is 2. The smallest absolute Gasteiger partial charge is 0.160 e. The molecule has 23 heavy (non-hydrogen) atoms. The van der Waals surface area contributed by atoms with Gasteiger partial charge in [-0.2, -0.15) is 0 Å². The zero-order chi connectivity index (χ0) is 16.4. The highest BCUT2D eigenvalue weighted by Gasteiger charge is 2.08. The van der Waals surface area contributed by atoms with E-state index < -0.39 is 11.6 Å². The van der Waals surface area contributed by atoms with Crippen LogP contribution in [0.3, 0.4) is 0 Å². The van der Waals surface area contributed by atoms with Gasteiger partial charge in [0.05, 0.1) is 0 Å². The Labute approximate surface area is 136 Å². The van der Waals surface area contributed by atoms with Crippen LogP contribution in [0.5, 0.6) is 0 Å². The maximum absolute atomic E-state index is 13.4. The fourth-order valence-corrected chi connectivity index (χ4v) is 2.22. The Balaban J connectivity index is 1.94. The van der Waals surface area contributed by atoms with Crippen molar-refractivity contribution in [3.8, 4) is 17.5 Å². The van der Waals surface area contributed by atoms with Crippen LogP contribution in [0.15, 0.2) is 42.7 Å². The Morgan fingerprint density at radius 3 is 2.65 bits per heavy atom. The number of imidazole rings is 1. The zero-order valence-electron chi connectivity index (χ0n) is 12.0. The molecule has 0 aliphatic rings. The second-order valence-electron chi connectivity index (χ2n) is 4.76. The molecule has 0 N–H and O–H groups in total. The molecule has 0 spiro atoms. The van der Waals surface area contributed by atoms with Crippen molar-refractivity contribution < 1.29 is 8.78 Å². The number of aryl methyl sites for hydroxylation is 1. The highest BCUT2D eigenvalue weighted by molar-refractivity contribution is 6.29. The van der Waals surface area contributed by atoms with Crippen molar-refractivity contribution in [1.29, 1.82) is 0 Å². The minimum atomic E-state index is -0.908. The van der Waals surface area contributed by atoms with Crippen molar-refractivity contribution in [1.82, 2.24) is 14.5 Å². The van der Waals surface area contributed by atoms with Crippen molar-refractivity contribution in [2.45, 2.75) is 6.92 Å². The molecule has 0 aliphatic heterocycles. The Morgan fingerprint density at radius 2 is 1.91 bits per heavy atom. The number of aromatic nitrogens is 3. The van der Waals surface area contributed by atoms with Gasteiger partial charge < -0.3 is 4.57 Å². The molecule has 2 heterocycles. The largest absolute Gasteiger partial charge is 0.303 e. The summed E-state index contributed by atoms with van der Waals surface area (Å²) in [7, 11) is 0. The molecule has 0 aliphatic carbocycles.